The van der Waals surface area contributed by atoms with Crippen LogP contribution in [0.5, 0.6) is 0 Å². The molecule has 0 nitrogen and oxygen atoms in total. The van der Waals surface area contributed by atoms with Gasteiger partial charge in [-0.25, -0.2) is 0 Å². The standard InChI is InChI=1S/C20H26/c1-15-9-5-7-11-19(15)13-17(3)18(4)14-20-12-8-6-10-16(20)2/h5-12,17-18H,13-14H2,1-4H3. The molecular weight excluding hydrogens is 240 g/mol. The highest BCUT2D eigenvalue weighted by Gasteiger charge is 2.15. The summed E-state index contributed by atoms with van der Waals surface area (Å²) in [5.74, 6) is 1.41. The van der Waals surface area contributed by atoms with Gasteiger partial charge in [0.2, 0.25) is 0 Å². The van der Waals surface area contributed by atoms with Gasteiger partial charge in [-0.1, -0.05) is 62.4 Å². The van der Waals surface area contributed by atoms with Gasteiger partial charge in [-0.15, -0.1) is 0 Å². The molecule has 0 aliphatic rings. The zero-order valence-corrected chi connectivity index (χ0v) is 13.2. The van der Waals surface area contributed by atoms with Gasteiger partial charge in [0.25, 0.3) is 0 Å². The van der Waals surface area contributed by atoms with Crippen molar-refractivity contribution in [3.8, 4) is 0 Å². The predicted octanol–water partition coefficient (Wildman–Crippen LogP) is 5.36. The minimum Gasteiger partial charge on any atom is -0.0620 e. The van der Waals surface area contributed by atoms with Gasteiger partial charge < -0.3 is 0 Å². The molecule has 0 heteroatoms. The maximum atomic E-state index is 2.38. The highest BCUT2D eigenvalue weighted by Crippen LogP contribution is 2.23. The van der Waals surface area contributed by atoms with E-state index in [9.17, 15) is 0 Å². The van der Waals surface area contributed by atoms with Crippen molar-refractivity contribution >= 4 is 0 Å². The van der Waals surface area contributed by atoms with Crippen molar-refractivity contribution in [1.82, 2.24) is 0 Å². The minimum absolute atomic E-state index is 0.704. The Kier molecular flexibility index (Phi) is 5.00. The van der Waals surface area contributed by atoms with Gasteiger partial charge >= 0.3 is 0 Å². The van der Waals surface area contributed by atoms with E-state index in [1.807, 2.05) is 0 Å². The van der Waals surface area contributed by atoms with E-state index in [0.717, 1.165) is 0 Å². The van der Waals surface area contributed by atoms with Crippen LogP contribution in [-0.4, -0.2) is 0 Å². The van der Waals surface area contributed by atoms with Crippen LogP contribution in [0.2, 0.25) is 0 Å². The summed E-state index contributed by atoms with van der Waals surface area (Å²) in [7, 11) is 0. The zero-order valence-electron chi connectivity index (χ0n) is 13.2. The van der Waals surface area contributed by atoms with Crippen LogP contribution < -0.4 is 0 Å². The lowest BCUT2D eigenvalue weighted by Gasteiger charge is -2.21. The van der Waals surface area contributed by atoms with Crippen LogP contribution >= 0.6 is 0 Å². The molecule has 0 saturated heterocycles. The maximum absolute atomic E-state index is 2.38. The van der Waals surface area contributed by atoms with E-state index in [-0.39, 0.29) is 0 Å². The van der Waals surface area contributed by atoms with E-state index in [4.69, 9.17) is 0 Å². The van der Waals surface area contributed by atoms with Crippen LogP contribution in [-0.2, 0) is 12.8 Å². The second kappa shape index (κ2) is 6.74. The first kappa shape index (κ1) is 14.8. The Morgan fingerprint density at radius 1 is 0.650 bits per heavy atom. The van der Waals surface area contributed by atoms with Crippen molar-refractivity contribution < 1.29 is 0 Å². The van der Waals surface area contributed by atoms with E-state index < -0.39 is 0 Å². The van der Waals surface area contributed by atoms with Gasteiger partial charge in [0.1, 0.15) is 0 Å². The minimum atomic E-state index is 0.704. The Labute approximate surface area is 123 Å². The Hall–Kier alpha value is -1.56. The second-order valence-corrected chi connectivity index (χ2v) is 6.22. The van der Waals surface area contributed by atoms with Crippen LogP contribution in [0.4, 0.5) is 0 Å². The molecule has 0 spiro atoms. The first-order valence-electron chi connectivity index (χ1n) is 7.67. The average Bonchev–Trinajstić information content (AvgIpc) is 2.43. The Balaban J connectivity index is 2.01. The molecule has 0 N–H and O–H groups in total. The molecule has 2 rings (SSSR count). The van der Waals surface area contributed by atoms with E-state index in [0.29, 0.717) is 11.8 Å². The van der Waals surface area contributed by atoms with Gasteiger partial charge in [0.15, 0.2) is 0 Å². The molecule has 0 radical (unpaired) electrons. The zero-order chi connectivity index (χ0) is 14.5. The molecule has 0 saturated carbocycles. The molecule has 106 valence electrons. The molecule has 0 bridgehead atoms. The Bertz CT molecular complexity index is 502. The molecule has 2 aromatic rings. The van der Waals surface area contributed by atoms with Crippen LogP contribution in [0.25, 0.3) is 0 Å². The second-order valence-electron chi connectivity index (χ2n) is 6.22. The topological polar surface area (TPSA) is 0 Å². The highest BCUT2D eigenvalue weighted by atomic mass is 14.2. The van der Waals surface area contributed by atoms with E-state index >= 15 is 0 Å². The van der Waals surface area contributed by atoms with Crippen molar-refractivity contribution in [2.75, 3.05) is 0 Å². The first-order valence-corrected chi connectivity index (χ1v) is 7.67. The van der Waals surface area contributed by atoms with Gasteiger partial charge in [-0.05, 0) is 60.8 Å². The Morgan fingerprint density at radius 3 is 1.35 bits per heavy atom. The Morgan fingerprint density at radius 2 is 1.00 bits per heavy atom. The van der Waals surface area contributed by atoms with Gasteiger partial charge in [-0.2, -0.15) is 0 Å². The summed E-state index contributed by atoms with van der Waals surface area (Å²) >= 11 is 0. The number of benzene rings is 2. The fraction of sp³-hybridized carbons (Fsp3) is 0.400. The van der Waals surface area contributed by atoms with Crippen molar-refractivity contribution in [3.63, 3.8) is 0 Å². The molecule has 0 aromatic heterocycles. The molecule has 0 amide bonds. The van der Waals surface area contributed by atoms with Gasteiger partial charge in [-0.3, -0.25) is 0 Å². The molecule has 0 heterocycles. The monoisotopic (exact) mass is 266 g/mol. The number of hydrogen-bond acceptors (Lipinski definition) is 0. The van der Waals surface area contributed by atoms with Crippen LogP contribution in [0, 0.1) is 25.7 Å². The SMILES string of the molecule is Cc1ccccc1CC(C)C(C)Cc1ccccc1C. The summed E-state index contributed by atoms with van der Waals surface area (Å²) in [6.07, 6.45) is 2.36. The summed E-state index contributed by atoms with van der Waals surface area (Å²) < 4.78 is 0. The smallest absolute Gasteiger partial charge is 0.0248 e. The van der Waals surface area contributed by atoms with E-state index in [2.05, 4.69) is 76.2 Å². The summed E-state index contributed by atoms with van der Waals surface area (Å²) in [5.41, 5.74) is 5.83. The van der Waals surface area contributed by atoms with E-state index in [1.165, 1.54) is 35.1 Å². The third-order valence-corrected chi connectivity index (χ3v) is 4.58. The summed E-state index contributed by atoms with van der Waals surface area (Å²) in [5, 5.41) is 0. The molecule has 0 aliphatic heterocycles. The number of rotatable bonds is 5. The third kappa shape index (κ3) is 3.72. The van der Waals surface area contributed by atoms with Crippen molar-refractivity contribution in [2.45, 2.75) is 40.5 Å². The van der Waals surface area contributed by atoms with Crippen molar-refractivity contribution in [1.29, 1.82) is 0 Å². The lowest BCUT2D eigenvalue weighted by atomic mass is 9.84. The largest absolute Gasteiger partial charge is 0.0620 e. The van der Waals surface area contributed by atoms with Crippen LogP contribution in [0.3, 0.4) is 0 Å². The lowest BCUT2D eigenvalue weighted by molar-refractivity contribution is 0.382. The molecule has 0 aliphatic carbocycles. The number of aryl methyl sites for hydroxylation is 2. The maximum Gasteiger partial charge on any atom is -0.0248 e. The highest BCUT2D eigenvalue weighted by molar-refractivity contribution is 5.27. The number of hydrogen-bond donors (Lipinski definition) is 0. The lowest BCUT2D eigenvalue weighted by Crippen LogP contribution is -2.14. The normalized spacial score (nSPS) is 14.0. The van der Waals surface area contributed by atoms with Gasteiger partial charge in [0.05, 0.1) is 0 Å². The molecular formula is C20H26. The average molecular weight is 266 g/mol. The summed E-state index contributed by atoms with van der Waals surface area (Å²) in [6, 6.07) is 17.5. The molecule has 2 atom stereocenters. The first-order chi connectivity index (χ1) is 9.58. The van der Waals surface area contributed by atoms with Crippen molar-refractivity contribution in [2.24, 2.45) is 11.8 Å². The van der Waals surface area contributed by atoms with Crippen LogP contribution in [0.1, 0.15) is 36.1 Å². The summed E-state index contributed by atoms with van der Waals surface area (Å²) in [6.45, 7) is 9.20. The van der Waals surface area contributed by atoms with Gasteiger partial charge in [0, 0.05) is 0 Å². The van der Waals surface area contributed by atoms with Crippen molar-refractivity contribution in [3.05, 3.63) is 70.8 Å². The summed E-state index contributed by atoms with van der Waals surface area (Å²) in [4.78, 5) is 0. The molecule has 2 aromatic carbocycles. The molecule has 2 unspecified atom stereocenters. The molecule has 0 fully saturated rings. The quantitative estimate of drug-likeness (QED) is 0.683. The predicted molar refractivity (Wildman–Crippen MR) is 88.1 cm³/mol. The fourth-order valence-electron chi connectivity index (χ4n) is 2.77. The van der Waals surface area contributed by atoms with E-state index in [1.54, 1.807) is 0 Å². The third-order valence-electron chi connectivity index (χ3n) is 4.58. The fourth-order valence-corrected chi connectivity index (χ4v) is 2.77. The van der Waals surface area contributed by atoms with Crippen LogP contribution in [0.15, 0.2) is 48.5 Å². The molecule has 20 heavy (non-hydrogen) atoms.